The Morgan fingerprint density at radius 2 is 2.25 bits per heavy atom. The SMILES string of the molecule is NC(=O)[C@@H](N)Cc1c[nH]c2ccc(O)cc12. The van der Waals surface area contributed by atoms with Crippen LogP contribution in [0.1, 0.15) is 5.56 Å². The maximum atomic E-state index is 10.9. The molecule has 16 heavy (non-hydrogen) atoms. The molecule has 6 N–H and O–H groups in total. The quantitative estimate of drug-likeness (QED) is 0.593. The van der Waals surface area contributed by atoms with Gasteiger partial charge in [0, 0.05) is 17.1 Å². The van der Waals surface area contributed by atoms with Crippen LogP contribution in [0.5, 0.6) is 5.75 Å². The van der Waals surface area contributed by atoms with Gasteiger partial charge >= 0.3 is 0 Å². The Morgan fingerprint density at radius 1 is 1.50 bits per heavy atom. The number of hydrogen-bond donors (Lipinski definition) is 4. The molecule has 0 saturated heterocycles. The fourth-order valence-electron chi connectivity index (χ4n) is 1.67. The van der Waals surface area contributed by atoms with Gasteiger partial charge in [-0.05, 0) is 30.2 Å². The van der Waals surface area contributed by atoms with E-state index in [9.17, 15) is 9.90 Å². The number of hydrogen-bond acceptors (Lipinski definition) is 3. The minimum absolute atomic E-state index is 0.181. The molecule has 1 aromatic carbocycles. The lowest BCUT2D eigenvalue weighted by Gasteiger charge is -2.05. The summed E-state index contributed by atoms with van der Waals surface area (Å²) < 4.78 is 0. The molecule has 5 nitrogen and oxygen atoms in total. The first-order chi connectivity index (χ1) is 7.58. The van der Waals surface area contributed by atoms with Gasteiger partial charge in [0.2, 0.25) is 5.91 Å². The average molecular weight is 219 g/mol. The van der Waals surface area contributed by atoms with Crippen molar-refractivity contribution in [3.63, 3.8) is 0 Å². The molecule has 1 heterocycles. The highest BCUT2D eigenvalue weighted by atomic mass is 16.3. The molecular formula is C11H13N3O2. The summed E-state index contributed by atoms with van der Waals surface area (Å²) in [7, 11) is 0. The van der Waals surface area contributed by atoms with Crippen LogP contribution >= 0.6 is 0 Å². The fraction of sp³-hybridized carbons (Fsp3) is 0.182. The number of fused-ring (bicyclic) bond motifs is 1. The number of primary amides is 1. The van der Waals surface area contributed by atoms with Gasteiger partial charge in [0.1, 0.15) is 5.75 Å². The minimum atomic E-state index is -0.707. The van der Waals surface area contributed by atoms with Crippen molar-refractivity contribution in [2.75, 3.05) is 0 Å². The van der Waals surface area contributed by atoms with Crippen LogP contribution < -0.4 is 11.5 Å². The molecule has 0 spiro atoms. The van der Waals surface area contributed by atoms with Gasteiger partial charge in [0.05, 0.1) is 6.04 Å². The molecule has 0 saturated carbocycles. The van der Waals surface area contributed by atoms with E-state index in [0.717, 1.165) is 16.5 Å². The van der Waals surface area contributed by atoms with Gasteiger partial charge in [-0.15, -0.1) is 0 Å². The van der Waals surface area contributed by atoms with Crippen LogP contribution in [0.15, 0.2) is 24.4 Å². The summed E-state index contributed by atoms with van der Waals surface area (Å²) in [5.41, 5.74) is 12.5. The smallest absolute Gasteiger partial charge is 0.234 e. The molecule has 0 aliphatic carbocycles. The minimum Gasteiger partial charge on any atom is -0.508 e. The molecule has 0 aliphatic heterocycles. The number of aromatic hydroxyl groups is 1. The summed E-state index contributed by atoms with van der Waals surface area (Å²) in [4.78, 5) is 13.9. The lowest BCUT2D eigenvalue weighted by Crippen LogP contribution is -2.38. The molecule has 5 heteroatoms. The number of nitrogens with one attached hydrogen (secondary N) is 1. The normalized spacial score (nSPS) is 12.8. The Labute approximate surface area is 92.1 Å². The second-order valence-electron chi connectivity index (χ2n) is 3.76. The number of benzene rings is 1. The highest BCUT2D eigenvalue weighted by Gasteiger charge is 2.13. The first-order valence-corrected chi connectivity index (χ1v) is 4.92. The number of carbonyl (C=O) groups excluding carboxylic acids is 1. The van der Waals surface area contributed by atoms with Crippen molar-refractivity contribution >= 4 is 16.8 Å². The number of H-pyrrole nitrogens is 1. The molecule has 0 bridgehead atoms. The molecule has 1 amide bonds. The Morgan fingerprint density at radius 3 is 2.94 bits per heavy atom. The van der Waals surface area contributed by atoms with Crippen molar-refractivity contribution in [3.8, 4) is 5.75 Å². The van der Waals surface area contributed by atoms with Gasteiger partial charge in [-0.2, -0.15) is 0 Å². The topological polar surface area (TPSA) is 105 Å². The summed E-state index contributed by atoms with van der Waals surface area (Å²) in [6, 6.07) is 4.29. The molecular weight excluding hydrogens is 206 g/mol. The van der Waals surface area contributed by atoms with Crippen molar-refractivity contribution in [1.29, 1.82) is 0 Å². The van der Waals surface area contributed by atoms with E-state index in [-0.39, 0.29) is 5.75 Å². The van der Waals surface area contributed by atoms with Crippen LogP contribution in [0.25, 0.3) is 10.9 Å². The maximum absolute atomic E-state index is 10.9. The molecule has 1 aromatic heterocycles. The van der Waals surface area contributed by atoms with Gasteiger partial charge in [-0.25, -0.2) is 0 Å². The van der Waals surface area contributed by atoms with Crippen LogP contribution in [0.4, 0.5) is 0 Å². The number of carbonyl (C=O) groups is 1. The summed E-state index contributed by atoms with van der Waals surface area (Å²) in [5, 5.41) is 10.2. The monoisotopic (exact) mass is 219 g/mol. The first-order valence-electron chi connectivity index (χ1n) is 4.92. The summed E-state index contributed by atoms with van der Waals surface area (Å²) in [6.07, 6.45) is 2.13. The Hall–Kier alpha value is -2.01. The zero-order valence-electron chi connectivity index (χ0n) is 8.60. The first kappa shape index (κ1) is 10.5. The van der Waals surface area contributed by atoms with Crippen LogP contribution in [0, 0.1) is 0 Å². The number of phenolic OH excluding ortho intramolecular Hbond substituents is 1. The third-order valence-electron chi connectivity index (χ3n) is 2.56. The van der Waals surface area contributed by atoms with E-state index in [1.807, 2.05) is 0 Å². The number of amides is 1. The third kappa shape index (κ3) is 1.85. The maximum Gasteiger partial charge on any atom is 0.234 e. The van der Waals surface area contributed by atoms with E-state index < -0.39 is 11.9 Å². The summed E-state index contributed by atoms with van der Waals surface area (Å²) in [5.74, 6) is -0.351. The number of aromatic amines is 1. The van der Waals surface area contributed by atoms with Gasteiger partial charge in [0.15, 0.2) is 0 Å². The molecule has 2 rings (SSSR count). The van der Waals surface area contributed by atoms with Crippen molar-refractivity contribution in [1.82, 2.24) is 4.98 Å². The highest BCUT2D eigenvalue weighted by Crippen LogP contribution is 2.23. The zero-order valence-corrected chi connectivity index (χ0v) is 8.60. The molecule has 2 aromatic rings. The van der Waals surface area contributed by atoms with Crippen molar-refractivity contribution in [2.24, 2.45) is 11.5 Å². The second-order valence-corrected chi connectivity index (χ2v) is 3.76. The van der Waals surface area contributed by atoms with E-state index >= 15 is 0 Å². The Balaban J connectivity index is 2.37. The predicted octanol–water partition coefficient (Wildman–Crippen LogP) is 0.229. The average Bonchev–Trinajstić information content (AvgIpc) is 2.61. The van der Waals surface area contributed by atoms with Crippen molar-refractivity contribution in [3.05, 3.63) is 30.0 Å². The molecule has 0 fully saturated rings. The highest BCUT2D eigenvalue weighted by molar-refractivity contribution is 5.86. The standard InChI is InChI=1S/C11H13N3O2/c12-9(11(13)16)3-6-5-14-10-2-1-7(15)4-8(6)10/h1-2,4-5,9,14-15H,3,12H2,(H2,13,16)/t9-/m0/s1. The van der Waals surface area contributed by atoms with Crippen molar-refractivity contribution < 1.29 is 9.90 Å². The van der Waals surface area contributed by atoms with Gasteiger partial charge < -0.3 is 21.6 Å². The molecule has 0 radical (unpaired) electrons. The van der Waals surface area contributed by atoms with Crippen molar-refractivity contribution in [2.45, 2.75) is 12.5 Å². The zero-order chi connectivity index (χ0) is 11.7. The summed E-state index contributed by atoms with van der Waals surface area (Å²) in [6.45, 7) is 0. The van der Waals surface area contributed by atoms with Crippen LogP contribution in [0.3, 0.4) is 0 Å². The largest absolute Gasteiger partial charge is 0.508 e. The van der Waals surface area contributed by atoms with Gasteiger partial charge in [-0.1, -0.05) is 0 Å². The molecule has 0 unspecified atom stereocenters. The van der Waals surface area contributed by atoms with E-state index in [4.69, 9.17) is 11.5 Å². The third-order valence-corrected chi connectivity index (χ3v) is 2.56. The Bertz CT molecular complexity index is 533. The molecule has 84 valence electrons. The van der Waals surface area contributed by atoms with Crippen LogP contribution in [0.2, 0.25) is 0 Å². The van der Waals surface area contributed by atoms with E-state index in [1.165, 1.54) is 0 Å². The van der Waals surface area contributed by atoms with E-state index in [0.29, 0.717) is 6.42 Å². The van der Waals surface area contributed by atoms with Gasteiger partial charge in [0.25, 0.3) is 0 Å². The lowest BCUT2D eigenvalue weighted by molar-refractivity contribution is -0.119. The van der Waals surface area contributed by atoms with Gasteiger partial charge in [-0.3, -0.25) is 4.79 Å². The molecule has 0 aliphatic rings. The van der Waals surface area contributed by atoms with Crippen LogP contribution in [-0.4, -0.2) is 22.0 Å². The molecule has 1 atom stereocenters. The number of phenols is 1. The number of nitrogens with two attached hydrogens (primary N) is 2. The lowest BCUT2D eigenvalue weighted by atomic mass is 10.1. The fourth-order valence-corrected chi connectivity index (χ4v) is 1.67. The Kier molecular flexibility index (Phi) is 2.54. The van der Waals surface area contributed by atoms with E-state index in [2.05, 4.69) is 4.98 Å². The predicted molar refractivity (Wildman–Crippen MR) is 60.8 cm³/mol. The number of rotatable bonds is 3. The number of aromatic nitrogens is 1. The second kappa shape index (κ2) is 3.86. The van der Waals surface area contributed by atoms with Crippen LogP contribution in [-0.2, 0) is 11.2 Å². The summed E-state index contributed by atoms with van der Waals surface area (Å²) >= 11 is 0. The van der Waals surface area contributed by atoms with E-state index in [1.54, 1.807) is 24.4 Å².